The minimum Gasteiger partial charge on any atom is -0.349 e. The van der Waals surface area contributed by atoms with Crippen molar-refractivity contribution in [2.24, 2.45) is 11.8 Å². The van der Waals surface area contributed by atoms with Gasteiger partial charge in [0.2, 0.25) is 10.0 Å². The van der Waals surface area contributed by atoms with Gasteiger partial charge in [0.15, 0.2) is 0 Å². The smallest absolute Gasteiger partial charge is 0.242 e. The van der Waals surface area contributed by atoms with Crippen LogP contribution in [0.3, 0.4) is 0 Å². The molecule has 0 aromatic carbocycles. The lowest BCUT2D eigenvalue weighted by atomic mass is 10.3. The van der Waals surface area contributed by atoms with E-state index in [4.69, 9.17) is 0 Å². The fourth-order valence-corrected chi connectivity index (χ4v) is 3.44. The van der Waals surface area contributed by atoms with Gasteiger partial charge in [0.1, 0.15) is 0 Å². The SMILES string of the molecule is CCn1cc(S(=O)(=O)NCC2CC2C)cc1CNC. The third-order valence-electron chi connectivity index (χ3n) is 3.78. The average Bonchev–Trinajstić information content (AvgIpc) is 2.90. The predicted molar refractivity (Wildman–Crippen MR) is 75.3 cm³/mol. The maximum atomic E-state index is 12.2. The maximum Gasteiger partial charge on any atom is 0.242 e. The summed E-state index contributed by atoms with van der Waals surface area (Å²) in [5, 5.41) is 3.05. The van der Waals surface area contributed by atoms with Crippen LogP contribution in [0.4, 0.5) is 0 Å². The molecule has 6 heteroatoms. The molecule has 2 rings (SSSR count). The Labute approximate surface area is 115 Å². The molecule has 0 radical (unpaired) electrons. The lowest BCUT2D eigenvalue weighted by Crippen LogP contribution is -2.25. The first kappa shape index (κ1) is 14.6. The van der Waals surface area contributed by atoms with Crippen molar-refractivity contribution in [2.45, 2.75) is 38.3 Å². The number of aryl methyl sites for hydroxylation is 1. The summed E-state index contributed by atoms with van der Waals surface area (Å²) in [5.74, 6) is 1.17. The second kappa shape index (κ2) is 5.64. The number of sulfonamides is 1. The topological polar surface area (TPSA) is 63.1 Å². The van der Waals surface area contributed by atoms with Gasteiger partial charge in [-0.3, -0.25) is 0 Å². The Morgan fingerprint density at radius 3 is 2.68 bits per heavy atom. The molecule has 1 aliphatic rings. The van der Waals surface area contributed by atoms with Gasteiger partial charge in [-0.1, -0.05) is 6.92 Å². The Morgan fingerprint density at radius 2 is 2.16 bits per heavy atom. The van der Waals surface area contributed by atoms with Crippen molar-refractivity contribution in [3.05, 3.63) is 18.0 Å². The molecule has 0 bridgehead atoms. The third-order valence-corrected chi connectivity index (χ3v) is 5.17. The standard InChI is InChI=1S/C13H23N3O2S/c1-4-16-9-13(6-12(16)8-14-3)19(17,18)15-7-11-5-10(11)2/h6,9-11,14-15H,4-5,7-8H2,1-3H3. The van der Waals surface area contributed by atoms with Crippen LogP contribution in [0.5, 0.6) is 0 Å². The van der Waals surface area contributed by atoms with Gasteiger partial charge in [-0.2, -0.15) is 0 Å². The molecule has 1 aromatic rings. The van der Waals surface area contributed by atoms with Crippen LogP contribution in [0.2, 0.25) is 0 Å². The Morgan fingerprint density at radius 1 is 1.47 bits per heavy atom. The van der Waals surface area contributed by atoms with E-state index in [1.54, 1.807) is 12.3 Å². The van der Waals surface area contributed by atoms with Crippen molar-refractivity contribution in [2.75, 3.05) is 13.6 Å². The highest BCUT2D eigenvalue weighted by Gasteiger charge is 2.33. The zero-order valence-electron chi connectivity index (χ0n) is 11.8. The summed E-state index contributed by atoms with van der Waals surface area (Å²) in [6.45, 7) is 6.16. The van der Waals surface area contributed by atoms with Crippen molar-refractivity contribution < 1.29 is 8.42 Å². The highest BCUT2D eigenvalue weighted by Crippen LogP contribution is 2.37. The van der Waals surface area contributed by atoms with E-state index < -0.39 is 10.0 Å². The largest absolute Gasteiger partial charge is 0.349 e. The molecule has 108 valence electrons. The highest BCUT2D eigenvalue weighted by atomic mass is 32.2. The van der Waals surface area contributed by atoms with E-state index in [1.807, 2.05) is 18.5 Å². The number of aromatic nitrogens is 1. The van der Waals surface area contributed by atoms with Gasteiger partial charge in [0.05, 0.1) is 4.90 Å². The van der Waals surface area contributed by atoms with Crippen molar-refractivity contribution >= 4 is 10.0 Å². The Kier molecular flexibility index (Phi) is 4.32. The van der Waals surface area contributed by atoms with Gasteiger partial charge in [0.25, 0.3) is 0 Å². The van der Waals surface area contributed by atoms with E-state index in [2.05, 4.69) is 17.0 Å². The molecule has 2 unspecified atom stereocenters. The quantitative estimate of drug-likeness (QED) is 0.790. The molecule has 2 atom stereocenters. The minimum absolute atomic E-state index is 0.368. The van der Waals surface area contributed by atoms with Crippen LogP contribution in [0.25, 0.3) is 0 Å². The van der Waals surface area contributed by atoms with Gasteiger partial charge in [0, 0.05) is 31.5 Å². The van der Waals surface area contributed by atoms with Crippen LogP contribution >= 0.6 is 0 Å². The third kappa shape index (κ3) is 3.38. The summed E-state index contributed by atoms with van der Waals surface area (Å²) >= 11 is 0. The monoisotopic (exact) mass is 285 g/mol. The second-order valence-electron chi connectivity index (χ2n) is 5.31. The van der Waals surface area contributed by atoms with Crippen LogP contribution in [-0.2, 0) is 23.1 Å². The van der Waals surface area contributed by atoms with Gasteiger partial charge in [-0.15, -0.1) is 0 Å². The Balaban J connectivity index is 2.10. The molecule has 1 aromatic heterocycles. The first-order valence-electron chi connectivity index (χ1n) is 6.81. The number of rotatable bonds is 7. The van der Waals surface area contributed by atoms with Crippen molar-refractivity contribution in [3.8, 4) is 0 Å². The van der Waals surface area contributed by atoms with Crippen LogP contribution in [0, 0.1) is 11.8 Å². The van der Waals surface area contributed by atoms with Gasteiger partial charge >= 0.3 is 0 Å². The normalized spacial score (nSPS) is 22.7. The first-order chi connectivity index (χ1) is 8.97. The minimum atomic E-state index is -3.37. The molecular formula is C13H23N3O2S. The fourth-order valence-electron chi connectivity index (χ4n) is 2.28. The Hall–Kier alpha value is -0.850. The molecule has 1 aliphatic carbocycles. The fraction of sp³-hybridized carbons (Fsp3) is 0.692. The summed E-state index contributed by atoms with van der Waals surface area (Å²) in [5.41, 5.74) is 0.991. The molecule has 1 fully saturated rings. The van der Waals surface area contributed by atoms with Crippen molar-refractivity contribution in [1.29, 1.82) is 0 Å². The summed E-state index contributed by atoms with van der Waals surface area (Å²) in [7, 11) is -1.51. The lowest BCUT2D eigenvalue weighted by Gasteiger charge is -2.04. The summed E-state index contributed by atoms with van der Waals surface area (Å²) in [6.07, 6.45) is 2.84. The average molecular weight is 285 g/mol. The molecule has 1 heterocycles. The van der Waals surface area contributed by atoms with Crippen molar-refractivity contribution in [1.82, 2.24) is 14.6 Å². The van der Waals surface area contributed by atoms with E-state index in [-0.39, 0.29) is 0 Å². The molecule has 2 N–H and O–H groups in total. The van der Waals surface area contributed by atoms with Gasteiger partial charge < -0.3 is 9.88 Å². The molecule has 19 heavy (non-hydrogen) atoms. The van der Waals surface area contributed by atoms with E-state index >= 15 is 0 Å². The van der Waals surface area contributed by atoms with Crippen LogP contribution in [-0.4, -0.2) is 26.6 Å². The van der Waals surface area contributed by atoms with Gasteiger partial charge in [-0.25, -0.2) is 13.1 Å². The van der Waals surface area contributed by atoms with Crippen LogP contribution in [0.1, 0.15) is 26.0 Å². The number of nitrogens with zero attached hydrogens (tertiary/aromatic N) is 1. The maximum absolute atomic E-state index is 12.2. The second-order valence-corrected chi connectivity index (χ2v) is 7.08. The molecule has 0 aliphatic heterocycles. The molecule has 0 spiro atoms. The van der Waals surface area contributed by atoms with E-state index in [0.717, 1.165) is 18.7 Å². The zero-order chi connectivity index (χ0) is 14.0. The number of hydrogen-bond donors (Lipinski definition) is 2. The predicted octanol–water partition coefficient (Wildman–Crippen LogP) is 1.16. The first-order valence-corrected chi connectivity index (χ1v) is 8.29. The molecule has 5 nitrogen and oxygen atoms in total. The zero-order valence-corrected chi connectivity index (χ0v) is 12.6. The van der Waals surface area contributed by atoms with Crippen LogP contribution < -0.4 is 10.0 Å². The van der Waals surface area contributed by atoms with E-state index in [1.165, 1.54) is 0 Å². The molecular weight excluding hydrogens is 262 g/mol. The molecule has 0 saturated heterocycles. The molecule has 0 amide bonds. The highest BCUT2D eigenvalue weighted by molar-refractivity contribution is 7.89. The number of hydrogen-bond acceptors (Lipinski definition) is 3. The summed E-state index contributed by atoms with van der Waals surface area (Å²) < 4.78 is 29.1. The Bertz CT molecular complexity index is 536. The van der Waals surface area contributed by atoms with E-state index in [9.17, 15) is 8.42 Å². The summed E-state index contributed by atoms with van der Waals surface area (Å²) in [6, 6.07) is 1.75. The van der Waals surface area contributed by atoms with E-state index in [0.29, 0.717) is 29.8 Å². The summed E-state index contributed by atoms with van der Waals surface area (Å²) in [4.78, 5) is 0.368. The van der Waals surface area contributed by atoms with Gasteiger partial charge in [-0.05, 0) is 38.3 Å². The number of nitrogens with one attached hydrogen (secondary N) is 2. The molecule has 1 saturated carbocycles. The lowest BCUT2D eigenvalue weighted by molar-refractivity contribution is 0.574. The van der Waals surface area contributed by atoms with Crippen LogP contribution in [0.15, 0.2) is 17.2 Å². The van der Waals surface area contributed by atoms with Crippen molar-refractivity contribution in [3.63, 3.8) is 0 Å².